The number of hydrogen-bond acceptors (Lipinski definition) is 2. The number of carbonyl (C=O) groups is 2. The Kier molecular flexibility index (Phi) is 6.64. The van der Waals surface area contributed by atoms with Gasteiger partial charge in [0.15, 0.2) is 0 Å². The quantitative estimate of drug-likeness (QED) is 0.922. The first-order chi connectivity index (χ1) is 11.5. The molecule has 3 amide bonds. The molecule has 1 aromatic rings. The molecule has 0 aliphatic carbocycles. The van der Waals surface area contributed by atoms with E-state index in [0.29, 0.717) is 5.92 Å². The fourth-order valence-electron chi connectivity index (χ4n) is 3.00. The smallest absolute Gasteiger partial charge is 0.317 e. The van der Waals surface area contributed by atoms with Gasteiger partial charge in [-0.1, -0.05) is 37.3 Å². The van der Waals surface area contributed by atoms with Crippen LogP contribution in [0.1, 0.15) is 44.2 Å². The van der Waals surface area contributed by atoms with Gasteiger partial charge in [0.25, 0.3) is 0 Å². The molecular formula is C19H29N3O2. The first-order valence-corrected chi connectivity index (χ1v) is 8.78. The third-order valence-corrected chi connectivity index (χ3v) is 4.68. The summed E-state index contributed by atoms with van der Waals surface area (Å²) in [4.78, 5) is 28.3. The van der Waals surface area contributed by atoms with Gasteiger partial charge >= 0.3 is 6.03 Å². The zero-order valence-corrected chi connectivity index (χ0v) is 15.0. The predicted octanol–water partition coefficient (Wildman–Crippen LogP) is 3.04. The Balaban J connectivity index is 2.06. The number of nitrogens with zero attached hydrogens (tertiary/aromatic N) is 2. The van der Waals surface area contributed by atoms with Crippen LogP contribution in [0, 0.1) is 5.92 Å². The minimum absolute atomic E-state index is 0.00800. The summed E-state index contributed by atoms with van der Waals surface area (Å²) in [7, 11) is 3.48. The molecule has 5 nitrogen and oxygen atoms in total. The number of rotatable bonds is 4. The van der Waals surface area contributed by atoms with Crippen molar-refractivity contribution in [1.82, 2.24) is 15.1 Å². The van der Waals surface area contributed by atoms with E-state index in [1.54, 1.807) is 19.0 Å². The lowest BCUT2D eigenvalue weighted by molar-refractivity contribution is -0.129. The van der Waals surface area contributed by atoms with Crippen LogP contribution in [0.15, 0.2) is 30.3 Å². The molecule has 2 rings (SSSR count). The third-order valence-electron chi connectivity index (χ3n) is 4.68. The van der Waals surface area contributed by atoms with Crippen LogP contribution < -0.4 is 5.32 Å². The maximum Gasteiger partial charge on any atom is 0.317 e. The van der Waals surface area contributed by atoms with Crippen molar-refractivity contribution in [2.45, 2.75) is 38.6 Å². The molecule has 1 aromatic carbocycles. The molecule has 1 aliphatic heterocycles. The van der Waals surface area contributed by atoms with Crippen molar-refractivity contribution in [1.29, 1.82) is 0 Å². The van der Waals surface area contributed by atoms with Crippen molar-refractivity contribution in [3.05, 3.63) is 35.9 Å². The predicted molar refractivity (Wildman–Crippen MR) is 95.6 cm³/mol. The molecule has 0 aromatic heterocycles. The van der Waals surface area contributed by atoms with E-state index in [1.165, 1.54) is 6.42 Å². The van der Waals surface area contributed by atoms with Crippen molar-refractivity contribution < 1.29 is 9.59 Å². The molecule has 1 aliphatic rings. The minimum atomic E-state index is -0.297. The summed E-state index contributed by atoms with van der Waals surface area (Å²) in [6.07, 6.45) is 3.53. The SMILES string of the molecule is C[C@@H]1CCCN(C(=O)N[C@H](CC(=O)N(C)C)c2ccccc2)CC1. The first kappa shape index (κ1) is 18.3. The van der Waals surface area contributed by atoms with Crippen LogP contribution in [0.4, 0.5) is 4.79 Å². The van der Waals surface area contributed by atoms with Crippen molar-refractivity contribution in [3.8, 4) is 0 Å². The average molecular weight is 331 g/mol. The Bertz CT molecular complexity index is 545. The zero-order valence-electron chi connectivity index (χ0n) is 15.0. The normalized spacial score (nSPS) is 19.3. The summed E-state index contributed by atoms with van der Waals surface area (Å²) < 4.78 is 0. The number of likely N-dealkylation sites (tertiary alicyclic amines) is 1. The molecule has 0 radical (unpaired) electrons. The van der Waals surface area contributed by atoms with Crippen molar-refractivity contribution in [2.75, 3.05) is 27.2 Å². The highest BCUT2D eigenvalue weighted by Crippen LogP contribution is 2.20. The molecule has 1 N–H and O–H groups in total. The number of amides is 3. The van der Waals surface area contributed by atoms with Crippen LogP contribution in [-0.4, -0.2) is 48.9 Å². The summed E-state index contributed by atoms with van der Waals surface area (Å²) in [6, 6.07) is 9.35. The Labute approximate surface area is 145 Å². The number of benzene rings is 1. The summed E-state index contributed by atoms with van der Waals surface area (Å²) in [6.45, 7) is 3.82. The molecule has 1 heterocycles. The third kappa shape index (κ3) is 5.25. The highest BCUT2D eigenvalue weighted by atomic mass is 16.2. The van der Waals surface area contributed by atoms with Crippen LogP contribution in [0.25, 0.3) is 0 Å². The topological polar surface area (TPSA) is 52.7 Å². The van der Waals surface area contributed by atoms with Crippen LogP contribution >= 0.6 is 0 Å². The maximum atomic E-state index is 12.7. The van der Waals surface area contributed by atoms with Crippen LogP contribution in [0.2, 0.25) is 0 Å². The standard InChI is InChI=1S/C19H29N3O2/c1-15-8-7-12-22(13-11-15)19(24)20-17(14-18(23)21(2)3)16-9-5-4-6-10-16/h4-6,9-10,15,17H,7-8,11-14H2,1-3H3,(H,20,24)/t15-,17-/m1/s1. The van der Waals surface area contributed by atoms with E-state index in [0.717, 1.165) is 31.5 Å². The van der Waals surface area contributed by atoms with E-state index >= 15 is 0 Å². The Morgan fingerprint density at radius 2 is 1.92 bits per heavy atom. The highest BCUT2D eigenvalue weighted by molar-refractivity contribution is 5.79. The van der Waals surface area contributed by atoms with Gasteiger partial charge < -0.3 is 15.1 Å². The number of nitrogens with one attached hydrogen (secondary N) is 1. The Hall–Kier alpha value is -2.04. The fraction of sp³-hybridized carbons (Fsp3) is 0.579. The van der Waals surface area contributed by atoms with Crippen molar-refractivity contribution in [2.24, 2.45) is 5.92 Å². The molecule has 1 saturated heterocycles. The molecule has 132 valence electrons. The molecule has 24 heavy (non-hydrogen) atoms. The minimum Gasteiger partial charge on any atom is -0.349 e. The lowest BCUT2D eigenvalue weighted by Crippen LogP contribution is -2.43. The van der Waals surface area contributed by atoms with Crippen molar-refractivity contribution in [3.63, 3.8) is 0 Å². The van der Waals surface area contributed by atoms with E-state index in [1.807, 2.05) is 35.2 Å². The highest BCUT2D eigenvalue weighted by Gasteiger charge is 2.23. The lowest BCUT2D eigenvalue weighted by atomic mass is 10.0. The lowest BCUT2D eigenvalue weighted by Gasteiger charge is -2.26. The molecule has 1 fully saturated rings. The van der Waals surface area contributed by atoms with Gasteiger partial charge in [-0.05, 0) is 30.7 Å². The fourth-order valence-corrected chi connectivity index (χ4v) is 3.00. The number of urea groups is 1. The summed E-state index contributed by atoms with van der Waals surface area (Å²) >= 11 is 0. The van der Waals surface area contributed by atoms with Crippen LogP contribution in [0.3, 0.4) is 0 Å². The summed E-state index contributed by atoms with van der Waals surface area (Å²) in [5.41, 5.74) is 0.962. The van der Waals surface area contributed by atoms with E-state index in [-0.39, 0.29) is 24.4 Å². The maximum absolute atomic E-state index is 12.7. The second-order valence-electron chi connectivity index (χ2n) is 6.93. The first-order valence-electron chi connectivity index (χ1n) is 8.78. The van der Waals surface area contributed by atoms with Crippen molar-refractivity contribution >= 4 is 11.9 Å². The van der Waals surface area contributed by atoms with Crippen LogP contribution in [-0.2, 0) is 4.79 Å². The molecule has 0 bridgehead atoms. The monoisotopic (exact) mass is 331 g/mol. The molecule has 0 spiro atoms. The van der Waals surface area contributed by atoms with Gasteiger partial charge in [-0.2, -0.15) is 0 Å². The molecular weight excluding hydrogens is 302 g/mol. The second-order valence-corrected chi connectivity index (χ2v) is 6.93. The van der Waals surface area contributed by atoms with E-state index < -0.39 is 0 Å². The summed E-state index contributed by atoms with van der Waals surface area (Å²) in [5.74, 6) is 0.677. The molecule has 5 heteroatoms. The van der Waals surface area contributed by atoms with Gasteiger partial charge in [-0.25, -0.2) is 4.79 Å². The summed E-state index contributed by atoms with van der Waals surface area (Å²) in [5, 5.41) is 3.07. The number of hydrogen-bond donors (Lipinski definition) is 1. The largest absolute Gasteiger partial charge is 0.349 e. The van der Waals surface area contributed by atoms with E-state index in [2.05, 4.69) is 12.2 Å². The zero-order chi connectivity index (χ0) is 17.5. The van der Waals surface area contributed by atoms with Gasteiger partial charge in [0, 0.05) is 27.2 Å². The molecule has 0 unspecified atom stereocenters. The molecule has 2 atom stereocenters. The van der Waals surface area contributed by atoms with Gasteiger partial charge in [-0.15, -0.1) is 0 Å². The second kappa shape index (κ2) is 8.71. The van der Waals surface area contributed by atoms with Gasteiger partial charge in [-0.3, -0.25) is 4.79 Å². The Morgan fingerprint density at radius 1 is 1.21 bits per heavy atom. The van der Waals surface area contributed by atoms with Crippen LogP contribution in [0.5, 0.6) is 0 Å². The van der Waals surface area contributed by atoms with E-state index in [4.69, 9.17) is 0 Å². The average Bonchev–Trinajstić information content (AvgIpc) is 2.79. The molecule has 0 saturated carbocycles. The number of carbonyl (C=O) groups excluding carboxylic acids is 2. The van der Waals surface area contributed by atoms with Gasteiger partial charge in [0.05, 0.1) is 12.5 Å². The van der Waals surface area contributed by atoms with E-state index in [9.17, 15) is 9.59 Å². The Morgan fingerprint density at radius 3 is 2.58 bits per heavy atom. The van der Waals surface area contributed by atoms with Gasteiger partial charge in [0.1, 0.15) is 0 Å². The van der Waals surface area contributed by atoms with Gasteiger partial charge in [0.2, 0.25) is 5.91 Å².